The minimum absolute atomic E-state index is 0.0357. The lowest BCUT2D eigenvalue weighted by Gasteiger charge is -2.35. The molecule has 1 atom stereocenters. The molecule has 1 heterocycles. The van der Waals surface area contributed by atoms with Gasteiger partial charge in [-0.25, -0.2) is 13.4 Å². The number of sulfone groups is 1. The molecule has 12 heteroatoms. The molecule has 0 spiro atoms. The Morgan fingerprint density at radius 1 is 1.32 bits per heavy atom. The molecule has 2 aromatic rings. The van der Waals surface area contributed by atoms with Gasteiger partial charge >= 0.3 is 6.18 Å². The van der Waals surface area contributed by atoms with E-state index in [1.54, 1.807) is 22.8 Å². The number of benzene rings is 1. The molecule has 2 N–H and O–H groups in total. The fraction of sp³-hybridized carbons (Fsp3) is 0.600. The van der Waals surface area contributed by atoms with Crippen molar-refractivity contribution >= 4 is 15.7 Å². The zero-order valence-corrected chi connectivity index (χ0v) is 22.2. The third kappa shape index (κ3) is 7.04. The highest BCUT2D eigenvalue weighted by Gasteiger charge is 2.37. The first-order valence-corrected chi connectivity index (χ1v) is 14.1. The van der Waals surface area contributed by atoms with Gasteiger partial charge in [0.2, 0.25) is 0 Å². The number of halogens is 3. The van der Waals surface area contributed by atoms with Crippen molar-refractivity contribution in [1.29, 1.82) is 0 Å². The summed E-state index contributed by atoms with van der Waals surface area (Å²) in [5.74, 6) is -1.11. The minimum Gasteiger partial charge on any atom is -0.495 e. The van der Waals surface area contributed by atoms with Crippen LogP contribution in [0.25, 0.3) is 5.69 Å². The molecule has 0 saturated heterocycles. The molecular weight excluding hydrogens is 511 g/mol. The number of aliphatic hydroxyl groups is 1. The number of carbonyl (C=O) groups is 1. The summed E-state index contributed by atoms with van der Waals surface area (Å²) in [6, 6.07) is 4.80. The molecule has 206 valence electrons. The van der Waals surface area contributed by atoms with Crippen LogP contribution in [-0.2, 0) is 22.7 Å². The highest BCUT2D eigenvalue weighted by molar-refractivity contribution is 7.91. The normalized spacial score (nSPS) is 21.5. The van der Waals surface area contributed by atoms with Crippen LogP contribution >= 0.6 is 0 Å². The second kappa shape index (κ2) is 11.0. The number of rotatable bonds is 9. The van der Waals surface area contributed by atoms with E-state index in [0.29, 0.717) is 42.1 Å². The molecule has 8 nitrogen and oxygen atoms in total. The van der Waals surface area contributed by atoms with Crippen molar-refractivity contribution in [3.05, 3.63) is 41.5 Å². The Kier molecular flexibility index (Phi) is 8.63. The Bertz CT molecular complexity index is 1220. The van der Waals surface area contributed by atoms with Crippen molar-refractivity contribution in [1.82, 2.24) is 14.9 Å². The molecule has 37 heavy (non-hydrogen) atoms. The lowest BCUT2D eigenvalue weighted by Crippen LogP contribution is -2.47. The maximum atomic E-state index is 13.0. The van der Waals surface area contributed by atoms with Crippen LogP contribution in [0.4, 0.5) is 13.2 Å². The minimum atomic E-state index is -4.30. The van der Waals surface area contributed by atoms with Gasteiger partial charge in [0.25, 0.3) is 5.91 Å². The second-order valence-corrected chi connectivity index (χ2v) is 12.2. The average Bonchev–Trinajstić information content (AvgIpc) is 3.26. The Labute approximate surface area is 215 Å². The molecule has 1 aromatic heterocycles. The van der Waals surface area contributed by atoms with Crippen LogP contribution in [0.5, 0.6) is 5.75 Å². The summed E-state index contributed by atoms with van der Waals surface area (Å²) in [4.78, 5) is 17.3. The molecular formula is C25H34F3N3O5S. The largest absolute Gasteiger partial charge is 0.495 e. The summed E-state index contributed by atoms with van der Waals surface area (Å²) < 4.78 is 69.6. The lowest BCUT2D eigenvalue weighted by atomic mass is 9.84. The summed E-state index contributed by atoms with van der Waals surface area (Å²) >= 11 is 0. The van der Waals surface area contributed by atoms with Crippen LogP contribution in [0.2, 0.25) is 0 Å². The van der Waals surface area contributed by atoms with Crippen molar-refractivity contribution < 1.29 is 36.2 Å². The Morgan fingerprint density at radius 3 is 2.51 bits per heavy atom. The number of alkyl halides is 3. The smallest absolute Gasteiger partial charge is 0.391 e. The van der Waals surface area contributed by atoms with Crippen LogP contribution in [0.1, 0.15) is 61.4 Å². The zero-order valence-electron chi connectivity index (χ0n) is 21.4. The van der Waals surface area contributed by atoms with Crippen LogP contribution in [-0.4, -0.2) is 65.9 Å². The van der Waals surface area contributed by atoms with E-state index in [1.165, 1.54) is 19.6 Å². The second-order valence-electron chi connectivity index (χ2n) is 9.85. The maximum Gasteiger partial charge on any atom is 0.391 e. The van der Waals surface area contributed by atoms with Gasteiger partial charge < -0.3 is 15.2 Å². The van der Waals surface area contributed by atoms with Gasteiger partial charge in [-0.15, -0.1) is 0 Å². The molecule has 1 aliphatic carbocycles. The number of imidazole rings is 1. The Hall–Kier alpha value is -2.60. The van der Waals surface area contributed by atoms with E-state index < -0.39 is 38.7 Å². The monoisotopic (exact) mass is 545 g/mol. The number of nitrogens with zero attached hydrogens (tertiary/aromatic N) is 2. The van der Waals surface area contributed by atoms with E-state index in [-0.39, 0.29) is 31.5 Å². The van der Waals surface area contributed by atoms with Gasteiger partial charge in [-0.3, -0.25) is 9.36 Å². The lowest BCUT2D eigenvalue weighted by molar-refractivity contribution is -0.169. The standard InChI is InChI=1S/C25H34F3N3O5S/c1-5-22-30-19(23(32)29-15-24(33)10-8-18(9-11-24)37(4,34)35)14-31(22)20-7-6-17(13-21(20)36-3)12-16(2)25(26,27)28/h6-7,13-14,16,18,33H,5,8-12,15H2,1-4H3,(H,29,32)/t16-,18-,24+/m0/s1. The van der Waals surface area contributed by atoms with Gasteiger partial charge in [-0.05, 0) is 49.8 Å². The van der Waals surface area contributed by atoms with E-state index in [1.807, 2.05) is 6.92 Å². The first-order valence-electron chi connectivity index (χ1n) is 12.2. The number of carbonyl (C=O) groups excluding carboxylic acids is 1. The highest BCUT2D eigenvalue weighted by atomic mass is 32.2. The molecule has 1 saturated carbocycles. The number of nitrogens with one attached hydrogen (secondary N) is 1. The molecule has 1 aromatic carbocycles. The van der Waals surface area contributed by atoms with Crippen LogP contribution in [0.15, 0.2) is 24.4 Å². The number of hydrogen-bond donors (Lipinski definition) is 2. The molecule has 0 radical (unpaired) electrons. The van der Waals surface area contributed by atoms with E-state index >= 15 is 0 Å². The molecule has 1 aliphatic rings. The van der Waals surface area contributed by atoms with Crippen LogP contribution in [0.3, 0.4) is 0 Å². The number of hydrogen-bond acceptors (Lipinski definition) is 6. The number of amides is 1. The predicted octanol–water partition coefficient (Wildman–Crippen LogP) is 3.63. The highest BCUT2D eigenvalue weighted by Crippen LogP contribution is 2.33. The molecule has 3 rings (SSSR count). The van der Waals surface area contributed by atoms with Crippen molar-refractivity contribution in [2.75, 3.05) is 19.9 Å². The third-order valence-electron chi connectivity index (χ3n) is 6.98. The quantitative estimate of drug-likeness (QED) is 0.498. The topological polar surface area (TPSA) is 111 Å². The fourth-order valence-corrected chi connectivity index (χ4v) is 5.66. The van der Waals surface area contributed by atoms with Crippen LogP contribution in [0, 0.1) is 5.92 Å². The van der Waals surface area contributed by atoms with Crippen molar-refractivity contribution in [2.24, 2.45) is 5.92 Å². The number of aromatic nitrogens is 2. The summed E-state index contributed by atoms with van der Waals surface area (Å²) in [6.07, 6.45) is -0.118. The Balaban J connectivity index is 1.75. The molecule has 0 bridgehead atoms. The third-order valence-corrected chi connectivity index (χ3v) is 8.66. The van der Waals surface area contributed by atoms with E-state index in [9.17, 15) is 31.5 Å². The van der Waals surface area contributed by atoms with Gasteiger partial charge in [-0.2, -0.15) is 13.2 Å². The molecule has 1 amide bonds. The van der Waals surface area contributed by atoms with E-state index in [0.717, 1.165) is 6.92 Å². The predicted molar refractivity (Wildman–Crippen MR) is 133 cm³/mol. The number of ether oxygens (including phenoxy) is 1. The van der Waals surface area contributed by atoms with Crippen molar-refractivity contribution in [3.8, 4) is 11.4 Å². The average molecular weight is 546 g/mol. The van der Waals surface area contributed by atoms with Gasteiger partial charge in [0.05, 0.1) is 29.6 Å². The van der Waals surface area contributed by atoms with E-state index in [2.05, 4.69) is 10.3 Å². The number of aryl methyl sites for hydroxylation is 1. The summed E-state index contributed by atoms with van der Waals surface area (Å²) in [5.41, 5.74) is -0.0749. The SMILES string of the molecule is CCc1nc(C(=O)NC[C@]2(O)CC[C@@H](S(C)(=O)=O)CC2)cn1-c1ccc(C[C@H](C)C(F)(F)F)cc1OC. The fourth-order valence-electron chi connectivity index (χ4n) is 4.57. The summed E-state index contributed by atoms with van der Waals surface area (Å²) in [6.45, 7) is 2.95. The molecule has 0 unspecified atom stereocenters. The summed E-state index contributed by atoms with van der Waals surface area (Å²) in [5, 5.41) is 13.0. The van der Waals surface area contributed by atoms with Crippen LogP contribution < -0.4 is 10.1 Å². The first kappa shape index (κ1) is 29.0. The van der Waals surface area contributed by atoms with Gasteiger partial charge in [-0.1, -0.05) is 19.9 Å². The number of methoxy groups -OCH3 is 1. The maximum absolute atomic E-state index is 13.0. The van der Waals surface area contributed by atoms with E-state index in [4.69, 9.17) is 4.74 Å². The van der Waals surface area contributed by atoms with Gasteiger partial charge in [0.1, 0.15) is 27.1 Å². The summed E-state index contributed by atoms with van der Waals surface area (Å²) in [7, 11) is -1.75. The Morgan fingerprint density at radius 2 is 1.97 bits per heavy atom. The molecule has 0 aliphatic heterocycles. The molecule has 1 fully saturated rings. The zero-order chi connectivity index (χ0) is 27.6. The first-order chi connectivity index (χ1) is 17.2. The van der Waals surface area contributed by atoms with Gasteiger partial charge in [0, 0.05) is 25.4 Å². The van der Waals surface area contributed by atoms with Crippen molar-refractivity contribution in [2.45, 2.75) is 69.4 Å². The van der Waals surface area contributed by atoms with Crippen molar-refractivity contribution in [3.63, 3.8) is 0 Å². The van der Waals surface area contributed by atoms with Gasteiger partial charge in [0.15, 0.2) is 0 Å².